The van der Waals surface area contributed by atoms with Crippen LogP contribution in [0.3, 0.4) is 0 Å². The van der Waals surface area contributed by atoms with Crippen molar-refractivity contribution in [1.82, 2.24) is 14.1 Å². The van der Waals surface area contributed by atoms with E-state index in [4.69, 9.17) is 9.47 Å². The van der Waals surface area contributed by atoms with Crippen LogP contribution in [0.25, 0.3) is 0 Å². The Bertz CT molecular complexity index is 951. The van der Waals surface area contributed by atoms with Crippen LogP contribution in [0.4, 0.5) is 4.79 Å². The van der Waals surface area contributed by atoms with E-state index < -0.39 is 22.0 Å². The first-order chi connectivity index (χ1) is 14.8. The third kappa shape index (κ3) is 4.81. The molecule has 0 unspecified atom stereocenters. The molecule has 2 amide bonds. The molecule has 1 aromatic carbocycles. The minimum absolute atomic E-state index is 0.00476. The van der Waals surface area contributed by atoms with Gasteiger partial charge in [-0.3, -0.25) is 0 Å². The van der Waals surface area contributed by atoms with Crippen molar-refractivity contribution in [3.8, 4) is 0 Å². The van der Waals surface area contributed by atoms with Gasteiger partial charge >= 0.3 is 18.0 Å². The fourth-order valence-electron chi connectivity index (χ4n) is 3.47. The van der Waals surface area contributed by atoms with Gasteiger partial charge in [0.05, 0.1) is 43.5 Å². The van der Waals surface area contributed by atoms with E-state index in [1.54, 1.807) is 9.80 Å². The molecule has 0 atom stereocenters. The molecule has 31 heavy (non-hydrogen) atoms. The molecule has 0 N–H and O–H groups in total. The highest BCUT2D eigenvalue weighted by molar-refractivity contribution is 7.89. The Balaban J connectivity index is 1.81. The Morgan fingerprint density at radius 3 is 2.03 bits per heavy atom. The molecule has 0 radical (unpaired) electrons. The molecule has 2 fully saturated rings. The number of amides is 2. The van der Waals surface area contributed by atoms with Crippen LogP contribution in [0.5, 0.6) is 0 Å². The molecular formula is C19H25N3O8S. The second-order valence-electron chi connectivity index (χ2n) is 6.97. The number of esters is 2. The number of nitrogens with zero attached hydrogens (tertiary/aromatic N) is 3. The van der Waals surface area contributed by atoms with Gasteiger partial charge in [0, 0.05) is 39.3 Å². The highest BCUT2D eigenvalue weighted by Gasteiger charge is 2.35. The maximum atomic E-state index is 13.3. The molecule has 11 nitrogen and oxygen atoms in total. The molecule has 1 aromatic rings. The maximum Gasteiger partial charge on any atom is 0.339 e. The third-order valence-electron chi connectivity index (χ3n) is 5.22. The number of piperazine rings is 1. The molecule has 0 spiro atoms. The molecule has 0 saturated carbocycles. The van der Waals surface area contributed by atoms with E-state index in [2.05, 4.69) is 4.74 Å². The van der Waals surface area contributed by atoms with E-state index in [1.165, 1.54) is 23.5 Å². The van der Waals surface area contributed by atoms with Gasteiger partial charge < -0.3 is 24.0 Å². The van der Waals surface area contributed by atoms with Crippen molar-refractivity contribution in [1.29, 1.82) is 0 Å². The number of sulfonamides is 1. The first-order valence-corrected chi connectivity index (χ1v) is 11.2. The monoisotopic (exact) mass is 455 g/mol. The molecule has 12 heteroatoms. The first kappa shape index (κ1) is 23.0. The van der Waals surface area contributed by atoms with Gasteiger partial charge in [-0.2, -0.15) is 4.31 Å². The molecule has 2 heterocycles. The van der Waals surface area contributed by atoms with Gasteiger partial charge in [-0.25, -0.2) is 22.8 Å². The van der Waals surface area contributed by atoms with Crippen LogP contribution in [0.1, 0.15) is 20.7 Å². The summed E-state index contributed by atoms with van der Waals surface area (Å²) in [5, 5.41) is 0. The minimum Gasteiger partial charge on any atom is -0.465 e. The van der Waals surface area contributed by atoms with Crippen LogP contribution in [0.2, 0.25) is 0 Å². The summed E-state index contributed by atoms with van der Waals surface area (Å²) >= 11 is 0. The van der Waals surface area contributed by atoms with Gasteiger partial charge in [0.1, 0.15) is 0 Å². The summed E-state index contributed by atoms with van der Waals surface area (Å²) in [5.74, 6) is -1.56. The second kappa shape index (κ2) is 9.62. The zero-order chi connectivity index (χ0) is 22.6. The van der Waals surface area contributed by atoms with E-state index in [0.717, 1.165) is 13.2 Å². The smallest absolute Gasteiger partial charge is 0.339 e. The number of carbonyl (C=O) groups excluding carboxylic acids is 3. The standard InChI is InChI=1S/C19H25N3O8S/c1-28-17(23)14-3-4-15(18(24)29-2)16(13-14)31(26,27)22-7-5-20(6-8-22)19(25)21-9-11-30-12-10-21/h3-4,13H,5-12H2,1-2H3. The Morgan fingerprint density at radius 1 is 0.871 bits per heavy atom. The van der Waals surface area contributed by atoms with Crippen LogP contribution >= 0.6 is 0 Å². The minimum atomic E-state index is -4.13. The Kier molecular flexibility index (Phi) is 7.13. The van der Waals surface area contributed by atoms with Gasteiger partial charge in [-0.05, 0) is 18.2 Å². The maximum absolute atomic E-state index is 13.3. The van der Waals surface area contributed by atoms with Gasteiger partial charge in [0.15, 0.2) is 0 Å². The number of carbonyl (C=O) groups is 3. The second-order valence-corrected chi connectivity index (χ2v) is 8.87. The summed E-state index contributed by atoms with van der Waals surface area (Å²) in [7, 11) is -1.82. The average molecular weight is 455 g/mol. The van der Waals surface area contributed by atoms with E-state index in [-0.39, 0.29) is 48.2 Å². The number of morpholine rings is 1. The van der Waals surface area contributed by atoms with Gasteiger partial charge in [0.25, 0.3) is 0 Å². The summed E-state index contributed by atoms with van der Waals surface area (Å²) in [4.78, 5) is 39.6. The van der Waals surface area contributed by atoms with E-state index in [0.29, 0.717) is 26.3 Å². The molecule has 0 bridgehead atoms. The van der Waals surface area contributed by atoms with Crippen molar-refractivity contribution < 1.29 is 37.0 Å². The van der Waals surface area contributed by atoms with Crippen molar-refractivity contribution in [3.05, 3.63) is 29.3 Å². The highest BCUT2D eigenvalue weighted by Crippen LogP contribution is 2.24. The molecule has 170 valence electrons. The Morgan fingerprint density at radius 2 is 1.45 bits per heavy atom. The Labute approximate surface area is 180 Å². The summed E-state index contributed by atoms with van der Waals surface area (Å²) in [6.45, 7) is 2.49. The van der Waals surface area contributed by atoms with Crippen LogP contribution in [-0.4, -0.2) is 107 Å². The summed E-state index contributed by atoms with van der Waals surface area (Å²) in [6, 6.07) is 3.49. The summed E-state index contributed by atoms with van der Waals surface area (Å²) in [5.41, 5.74) is -0.183. The predicted octanol–water partition coefficient (Wildman–Crippen LogP) is 0.0183. The van der Waals surface area contributed by atoms with Gasteiger partial charge in [-0.15, -0.1) is 0 Å². The average Bonchev–Trinajstić information content (AvgIpc) is 2.82. The number of methoxy groups -OCH3 is 2. The molecule has 2 aliphatic rings. The molecule has 0 aromatic heterocycles. The third-order valence-corrected chi connectivity index (χ3v) is 7.16. The van der Waals surface area contributed by atoms with E-state index in [9.17, 15) is 22.8 Å². The first-order valence-electron chi connectivity index (χ1n) is 9.72. The summed E-state index contributed by atoms with van der Waals surface area (Å²) < 4.78 is 42.4. The largest absolute Gasteiger partial charge is 0.465 e. The fourth-order valence-corrected chi connectivity index (χ4v) is 5.10. The zero-order valence-electron chi connectivity index (χ0n) is 17.4. The van der Waals surface area contributed by atoms with Crippen molar-refractivity contribution >= 4 is 28.0 Å². The number of hydrogen-bond donors (Lipinski definition) is 0. The lowest BCUT2D eigenvalue weighted by Gasteiger charge is -2.38. The number of benzene rings is 1. The zero-order valence-corrected chi connectivity index (χ0v) is 18.2. The molecule has 2 saturated heterocycles. The normalized spacial score (nSPS) is 17.9. The van der Waals surface area contributed by atoms with Crippen LogP contribution in [0.15, 0.2) is 23.1 Å². The van der Waals surface area contributed by atoms with Crippen molar-refractivity contribution in [2.24, 2.45) is 0 Å². The van der Waals surface area contributed by atoms with Crippen molar-refractivity contribution in [2.45, 2.75) is 4.90 Å². The van der Waals surface area contributed by atoms with Crippen LogP contribution in [-0.2, 0) is 24.2 Å². The molecular weight excluding hydrogens is 430 g/mol. The molecule has 3 rings (SSSR count). The Hall–Kier alpha value is -2.70. The fraction of sp³-hybridized carbons (Fsp3) is 0.526. The molecule has 2 aliphatic heterocycles. The lowest BCUT2D eigenvalue weighted by Crippen LogP contribution is -2.55. The van der Waals surface area contributed by atoms with Crippen LogP contribution < -0.4 is 0 Å². The summed E-state index contributed by atoms with van der Waals surface area (Å²) in [6.07, 6.45) is 0. The number of urea groups is 1. The van der Waals surface area contributed by atoms with Crippen LogP contribution in [0, 0.1) is 0 Å². The SMILES string of the molecule is COC(=O)c1ccc(C(=O)OC)c(S(=O)(=O)N2CCN(C(=O)N3CCOCC3)CC2)c1. The van der Waals surface area contributed by atoms with E-state index in [1.807, 2.05) is 0 Å². The van der Waals surface area contributed by atoms with Gasteiger partial charge in [0.2, 0.25) is 10.0 Å². The number of hydrogen-bond acceptors (Lipinski definition) is 8. The van der Waals surface area contributed by atoms with E-state index >= 15 is 0 Å². The molecule has 0 aliphatic carbocycles. The highest BCUT2D eigenvalue weighted by atomic mass is 32.2. The lowest BCUT2D eigenvalue weighted by atomic mass is 10.1. The lowest BCUT2D eigenvalue weighted by molar-refractivity contribution is 0.0405. The van der Waals surface area contributed by atoms with Gasteiger partial charge in [-0.1, -0.05) is 0 Å². The number of rotatable bonds is 4. The number of ether oxygens (including phenoxy) is 3. The topological polar surface area (TPSA) is 123 Å². The van der Waals surface area contributed by atoms with Crippen molar-refractivity contribution in [2.75, 3.05) is 66.7 Å². The predicted molar refractivity (Wildman–Crippen MR) is 107 cm³/mol. The van der Waals surface area contributed by atoms with Crippen molar-refractivity contribution in [3.63, 3.8) is 0 Å². The quantitative estimate of drug-likeness (QED) is 0.582.